The van der Waals surface area contributed by atoms with Crippen LogP contribution in [0.25, 0.3) is 0 Å². The van der Waals surface area contributed by atoms with Gasteiger partial charge in [-0.3, -0.25) is 52.7 Å². The van der Waals surface area contributed by atoms with Gasteiger partial charge in [-0.25, -0.2) is 8.78 Å². The highest BCUT2D eigenvalue weighted by Gasteiger charge is 2.56. The smallest absolute Gasteiger partial charge is 0.377 e. The second-order valence-corrected chi connectivity index (χ2v) is 31.1. The van der Waals surface area contributed by atoms with E-state index in [9.17, 15) is 50.3 Å². The molecule has 2 unspecified atom stereocenters. The lowest BCUT2D eigenvalue weighted by Gasteiger charge is -2.46. The maximum absolute atomic E-state index is 15.4. The van der Waals surface area contributed by atoms with Gasteiger partial charge in [0, 0.05) is 80.4 Å². The van der Waals surface area contributed by atoms with Gasteiger partial charge in [-0.05, 0) is 160 Å². The molecule has 584 valence electrons. The van der Waals surface area contributed by atoms with Crippen LogP contribution in [0.4, 0.5) is 35.1 Å². The van der Waals surface area contributed by atoms with Crippen molar-refractivity contribution < 1.29 is 92.6 Å². The topological polar surface area (TPSA) is 259 Å². The number of rotatable bonds is 13. The third-order valence-corrected chi connectivity index (χ3v) is 23.7. The molecule has 1 spiro atoms. The average molecular weight is 1480 g/mol. The monoisotopic (exact) mass is 1480 g/mol. The molecule has 3 heterocycles. The number of halogens is 8. The van der Waals surface area contributed by atoms with Crippen LogP contribution in [0, 0.1) is 41.4 Å². The highest BCUT2D eigenvalue weighted by Crippen LogP contribution is 2.46. The van der Waals surface area contributed by atoms with Crippen LogP contribution in [0.2, 0.25) is 0 Å². The van der Waals surface area contributed by atoms with Crippen molar-refractivity contribution in [2.45, 2.75) is 281 Å². The molecular weight excluding hydrogens is 1360 g/mol. The molecule has 4 saturated carbocycles. The molecule has 23 nitrogen and oxygen atoms in total. The molecule has 0 aromatic carbocycles. The van der Waals surface area contributed by atoms with E-state index < -0.39 is 211 Å². The highest BCUT2D eigenvalue weighted by atomic mass is 19.4. The van der Waals surface area contributed by atoms with Gasteiger partial charge in [0.15, 0.2) is 0 Å². The number of nitrogens with zero attached hydrogens (tertiary/aromatic N) is 8. The van der Waals surface area contributed by atoms with Crippen LogP contribution in [0.5, 0.6) is 0 Å². The average Bonchev–Trinajstić information content (AvgIpc) is 1.66. The van der Waals surface area contributed by atoms with E-state index in [0.717, 1.165) is 22.6 Å². The van der Waals surface area contributed by atoms with Crippen molar-refractivity contribution in [3.8, 4) is 0 Å². The van der Waals surface area contributed by atoms with Crippen LogP contribution in [-0.2, 0) is 57.5 Å². The van der Waals surface area contributed by atoms with Gasteiger partial charge in [0.25, 0.3) is 0 Å². The number of carbonyl (C=O) groups excluding carboxylic acids is 11. The van der Waals surface area contributed by atoms with E-state index in [-0.39, 0.29) is 115 Å². The Morgan fingerprint density at radius 2 is 1.23 bits per heavy atom. The summed E-state index contributed by atoms with van der Waals surface area (Å²) in [6.45, 7) is 12.5. The van der Waals surface area contributed by atoms with E-state index in [1.54, 1.807) is 27.7 Å². The van der Waals surface area contributed by atoms with Crippen molar-refractivity contribution in [1.29, 1.82) is 0 Å². The van der Waals surface area contributed by atoms with Gasteiger partial charge < -0.3 is 59.9 Å². The molecule has 3 saturated heterocycles. The molecule has 0 aromatic heterocycles. The van der Waals surface area contributed by atoms with Gasteiger partial charge >= 0.3 is 12.4 Å². The Morgan fingerprint density at radius 1 is 0.612 bits per heavy atom. The molecule has 0 bridgehead atoms. The molecule has 7 fully saturated rings. The summed E-state index contributed by atoms with van der Waals surface area (Å²) >= 11 is 0. The van der Waals surface area contributed by atoms with Gasteiger partial charge in [-0.15, -0.1) is 0 Å². The molecule has 4 aliphatic carbocycles. The van der Waals surface area contributed by atoms with Crippen molar-refractivity contribution in [3.05, 3.63) is 0 Å². The molecule has 7 rings (SSSR count). The minimum Gasteiger partial charge on any atom is -0.377 e. The van der Waals surface area contributed by atoms with Gasteiger partial charge in [-0.1, -0.05) is 47.0 Å². The summed E-state index contributed by atoms with van der Waals surface area (Å²) < 4.78 is 121. The highest BCUT2D eigenvalue weighted by molar-refractivity contribution is 6.00. The van der Waals surface area contributed by atoms with E-state index >= 15 is 37.5 Å². The Kier molecular flexibility index (Phi) is 28.7. The standard InChI is InChI=1S/C72H113F8N11O12/c1-14-41(6)59-67(100)86(11)43(8)63(96)90-31-28-52(90)66(99)89(15-2)55(36-44-22-25-47(26-23-44)71(75,76)77)65(98)84(9)39-56(92)81-51(27-24-45-34-49(73)58(50(74)35-45)72(78,79)80)64(97)91-38-48(103-16-3)37-54(91)62(95)83-70(29-19-30-70)69(102)88(13)60(46-20-17-18-21-46)68(101)85(10)42(7)33-57(93)87(12)53(32-40(4)5)61(94)82-59/h40-55,58-60H,14-39H2,1-13H3,(H,81,92)(H,82,94)(H,83,95)/t41-,42+,43-,44?,45?,47?,48+,49?,50?,51-,52-,53-,54-,55-,58?,59-,60-/m0/s1. The predicted molar refractivity (Wildman–Crippen MR) is 364 cm³/mol. The number of hydrogen-bond donors (Lipinski definition) is 3. The minimum absolute atomic E-state index is 0.0159. The Labute approximate surface area is 601 Å². The normalized spacial score (nSPS) is 33.2. The van der Waals surface area contributed by atoms with Crippen LogP contribution < -0.4 is 16.0 Å². The maximum Gasteiger partial charge on any atom is 0.397 e. The van der Waals surface area contributed by atoms with Crippen LogP contribution in [-0.4, -0.2) is 263 Å². The van der Waals surface area contributed by atoms with E-state index in [0.29, 0.717) is 25.7 Å². The second-order valence-electron chi connectivity index (χ2n) is 31.1. The molecular formula is C72H113F8N11O12. The van der Waals surface area contributed by atoms with Crippen molar-refractivity contribution in [2.24, 2.45) is 41.4 Å². The molecule has 3 N–H and O–H groups in total. The van der Waals surface area contributed by atoms with Gasteiger partial charge in [0.2, 0.25) is 65.0 Å². The fourth-order valence-electron chi connectivity index (χ4n) is 16.7. The number of fused-ring (bicyclic) bond motifs is 2. The lowest BCUT2D eigenvalue weighted by Crippen LogP contribution is -2.68. The van der Waals surface area contributed by atoms with Crippen molar-refractivity contribution in [1.82, 2.24) is 55.1 Å². The predicted octanol–water partition coefficient (Wildman–Crippen LogP) is 7.11. The Hall–Kier alpha value is -6.43. The maximum atomic E-state index is 15.4. The van der Waals surface area contributed by atoms with Crippen LogP contribution in [0.15, 0.2) is 0 Å². The molecule has 3 aliphatic heterocycles. The lowest BCUT2D eigenvalue weighted by molar-refractivity contribution is -0.219. The van der Waals surface area contributed by atoms with Gasteiger partial charge in [0.05, 0.1) is 18.6 Å². The van der Waals surface area contributed by atoms with Crippen molar-refractivity contribution in [2.75, 3.05) is 68.0 Å². The van der Waals surface area contributed by atoms with E-state index in [4.69, 9.17) is 4.74 Å². The number of ether oxygens (including phenoxy) is 1. The summed E-state index contributed by atoms with van der Waals surface area (Å²) in [5.74, 6) is -15.0. The summed E-state index contributed by atoms with van der Waals surface area (Å²) in [6, 6.07) is -11.2. The van der Waals surface area contributed by atoms with Crippen molar-refractivity contribution in [3.63, 3.8) is 0 Å². The first-order chi connectivity index (χ1) is 48.2. The number of hydrogen-bond acceptors (Lipinski definition) is 12. The van der Waals surface area contributed by atoms with Crippen LogP contribution in [0.1, 0.15) is 190 Å². The van der Waals surface area contributed by atoms with E-state index in [1.807, 2.05) is 20.8 Å². The van der Waals surface area contributed by atoms with Gasteiger partial charge in [0.1, 0.15) is 72.1 Å². The van der Waals surface area contributed by atoms with Crippen molar-refractivity contribution >= 4 is 65.0 Å². The third-order valence-electron chi connectivity index (χ3n) is 23.7. The quantitative estimate of drug-likeness (QED) is 0.156. The Morgan fingerprint density at radius 3 is 1.76 bits per heavy atom. The molecule has 13 atom stereocenters. The Bertz CT molecular complexity index is 3010. The first-order valence-electron chi connectivity index (χ1n) is 37.4. The minimum atomic E-state index is -5.20. The second kappa shape index (κ2) is 35.3. The third kappa shape index (κ3) is 19.6. The lowest BCUT2D eigenvalue weighted by atomic mass is 9.74. The number of amides is 11. The molecule has 0 radical (unpaired) electrons. The zero-order valence-corrected chi connectivity index (χ0v) is 62.4. The number of nitrogens with one attached hydrogen (secondary N) is 3. The zero-order valence-electron chi connectivity index (χ0n) is 62.4. The fourth-order valence-corrected chi connectivity index (χ4v) is 16.7. The summed E-state index contributed by atoms with van der Waals surface area (Å²) in [4.78, 5) is 175. The fraction of sp³-hybridized carbons (Fsp3) is 0.847. The summed E-state index contributed by atoms with van der Waals surface area (Å²) in [7, 11) is 7.08. The summed E-state index contributed by atoms with van der Waals surface area (Å²) in [5, 5.41) is 8.48. The molecule has 0 aromatic rings. The number of carbonyl (C=O) groups is 11. The number of likely N-dealkylation sites (N-methyl/N-ethyl adjacent to an activating group) is 6. The first-order valence-corrected chi connectivity index (χ1v) is 37.4. The molecule has 31 heteroatoms. The first kappa shape index (κ1) is 83.8. The van der Waals surface area contributed by atoms with Gasteiger partial charge in [-0.2, -0.15) is 26.3 Å². The van der Waals surface area contributed by atoms with Crippen LogP contribution >= 0.6 is 0 Å². The molecule has 7 aliphatic rings. The summed E-state index contributed by atoms with van der Waals surface area (Å²) in [5.41, 5.74) is -1.60. The van der Waals surface area contributed by atoms with E-state index in [2.05, 4.69) is 16.0 Å². The van der Waals surface area contributed by atoms with Crippen LogP contribution in [0.3, 0.4) is 0 Å². The zero-order chi connectivity index (χ0) is 76.7. The largest absolute Gasteiger partial charge is 0.397 e. The molecule has 11 amide bonds. The number of alkyl halides is 8. The summed E-state index contributed by atoms with van der Waals surface area (Å²) in [6.07, 6.45) is -15.1. The Balaban J connectivity index is 1.28. The molecule has 103 heavy (non-hydrogen) atoms. The van der Waals surface area contributed by atoms with E-state index in [1.165, 1.54) is 71.6 Å². The SMILES string of the molecule is CCO[C@@H]1C[C@H]2C(=O)NC3(CCC3)C(=O)N(C)[C@@H](C3CCCC3)C(=O)N(C)[C@H](C)CC(=O)N(C)[C@@H](CC(C)C)C(=O)N[C@@H]([C@@H](C)CC)C(=O)N(C)[C@@H](C)C(=O)N3CC[C@H]3C(=O)N(CC)[C@@H](CC3CCC(C(F)(F)F)CC3)C(=O)N(C)CC(=O)N[C@@H](CCC3CC(F)C(C(F)(F)F)C(F)C3)C(=O)N2C1.